The molecular weight excluding hydrogens is 462 g/mol. The molecule has 1 saturated heterocycles. The number of hydrogen-bond donors (Lipinski definition) is 1. The lowest BCUT2D eigenvalue weighted by Crippen LogP contribution is -2.45. The second-order valence-electron chi connectivity index (χ2n) is 8.50. The van der Waals surface area contributed by atoms with E-state index in [2.05, 4.69) is 27.1 Å². The Morgan fingerprint density at radius 2 is 1.94 bits per heavy atom. The molecule has 3 heterocycles. The zero-order valence-corrected chi connectivity index (χ0v) is 21.4. The van der Waals surface area contributed by atoms with Crippen molar-refractivity contribution >= 4 is 35.0 Å². The van der Waals surface area contributed by atoms with Gasteiger partial charge in [0.1, 0.15) is 16.6 Å². The number of anilines is 3. The highest BCUT2D eigenvalue weighted by atomic mass is 32.2. The molecule has 9 nitrogen and oxygen atoms in total. The number of rotatable bonds is 8. The minimum atomic E-state index is -0.0772. The highest BCUT2D eigenvalue weighted by molar-refractivity contribution is 7.99. The molecule has 1 aliphatic rings. The predicted molar refractivity (Wildman–Crippen MR) is 140 cm³/mol. The molecule has 0 radical (unpaired) electrons. The van der Waals surface area contributed by atoms with Crippen molar-refractivity contribution in [2.45, 2.75) is 23.3 Å². The number of carbonyl (C=O) groups is 1. The highest BCUT2D eigenvalue weighted by Gasteiger charge is 2.22. The molecule has 4 rings (SSSR count). The predicted octanol–water partition coefficient (Wildman–Crippen LogP) is 3.98. The molecule has 0 atom stereocenters. The van der Waals surface area contributed by atoms with Crippen molar-refractivity contribution in [2.24, 2.45) is 0 Å². The first-order chi connectivity index (χ1) is 16.9. The molecule has 1 aliphatic heterocycles. The Morgan fingerprint density at radius 1 is 1.14 bits per heavy atom. The maximum atomic E-state index is 11.7. The van der Waals surface area contributed by atoms with Crippen molar-refractivity contribution in [3.63, 3.8) is 0 Å². The summed E-state index contributed by atoms with van der Waals surface area (Å²) >= 11 is 1.45. The fraction of sp³-hybridized carbons (Fsp3) is 0.360. The van der Waals surface area contributed by atoms with Crippen LogP contribution in [0.5, 0.6) is 11.6 Å². The van der Waals surface area contributed by atoms with Gasteiger partial charge in [-0.2, -0.15) is 0 Å². The SMILES string of the molecule is CCC(=O)Nc1cc(Sc2cnc(N3CCN(C)CC3)c(Oc3cccc(N(C)C)c3)n2)ccn1. The summed E-state index contributed by atoms with van der Waals surface area (Å²) in [6, 6.07) is 11.6. The smallest absolute Gasteiger partial charge is 0.264 e. The number of amides is 1. The van der Waals surface area contributed by atoms with E-state index in [1.807, 2.05) is 55.4 Å². The van der Waals surface area contributed by atoms with E-state index in [4.69, 9.17) is 14.7 Å². The Kier molecular flexibility index (Phi) is 8.04. The number of hydrogen-bond acceptors (Lipinski definition) is 9. The van der Waals surface area contributed by atoms with Crippen molar-refractivity contribution in [2.75, 3.05) is 62.4 Å². The molecule has 35 heavy (non-hydrogen) atoms. The summed E-state index contributed by atoms with van der Waals surface area (Å²) in [6.07, 6.45) is 3.84. The van der Waals surface area contributed by atoms with Crippen LogP contribution in [0.15, 0.2) is 58.7 Å². The molecule has 1 amide bonds. The largest absolute Gasteiger partial charge is 0.436 e. The summed E-state index contributed by atoms with van der Waals surface area (Å²) in [5.74, 6) is 2.36. The number of pyridine rings is 1. The lowest BCUT2D eigenvalue weighted by atomic mass is 10.3. The lowest BCUT2D eigenvalue weighted by molar-refractivity contribution is -0.115. The van der Waals surface area contributed by atoms with Crippen molar-refractivity contribution in [3.05, 3.63) is 48.8 Å². The molecule has 0 unspecified atom stereocenters. The van der Waals surface area contributed by atoms with Crippen LogP contribution in [0, 0.1) is 0 Å². The molecule has 1 aromatic carbocycles. The Hall–Kier alpha value is -3.37. The van der Waals surface area contributed by atoms with Gasteiger partial charge in [0.15, 0.2) is 5.82 Å². The molecular formula is C25H31N7O2S. The van der Waals surface area contributed by atoms with E-state index in [1.165, 1.54) is 11.8 Å². The van der Waals surface area contributed by atoms with Crippen LogP contribution in [0.3, 0.4) is 0 Å². The minimum Gasteiger partial charge on any atom is -0.436 e. The van der Waals surface area contributed by atoms with Crippen LogP contribution in [0.1, 0.15) is 13.3 Å². The Labute approximate surface area is 210 Å². The van der Waals surface area contributed by atoms with Crippen molar-refractivity contribution in [1.29, 1.82) is 0 Å². The van der Waals surface area contributed by atoms with E-state index < -0.39 is 0 Å². The number of benzene rings is 1. The van der Waals surface area contributed by atoms with E-state index in [1.54, 1.807) is 19.3 Å². The summed E-state index contributed by atoms with van der Waals surface area (Å²) < 4.78 is 6.31. The van der Waals surface area contributed by atoms with E-state index in [-0.39, 0.29) is 5.91 Å². The summed E-state index contributed by atoms with van der Waals surface area (Å²) in [6.45, 7) is 5.43. The fourth-order valence-electron chi connectivity index (χ4n) is 3.54. The van der Waals surface area contributed by atoms with Gasteiger partial charge in [-0.25, -0.2) is 15.0 Å². The molecule has 0 bridgehead atoms. The molecule has 1 N–H and O–H groups in total. The van der Waals surface area contributed by atoms with Gasteiger partial charge < -0.3 is 24.8 Å². The minimum absolute atomic E-state index is 0.0772. The zero-order chi connectivity index (χ0) is 24.8. The van der Waals surface area contributed by atoms with Crippen LogP contribution in [0.4, 0.5) is 17.3 Å². The molecule has 1 fully saturated rings. The van der Waals surface area contributed by atoms with Gasteiger partial charge in [0, 0.05) is 69.5 Å². The quantitative estimate of drug-likeness (QED) is 0.501. The van der Waals surface area contributed by atoms with Gasteiger partial charge in [-0.15, -0.1) is 0 Å². The van der Waals surface area contributed by atoms with Crippen LogP contribution in [0.25, 0.3) is 0 Å². The van der Waals surface area contributed by atoms with E-state index >= 15 is 0 Å². The first-order valence-corrected chi connectivity index (χ1v) is 12.4. The third-order valence-corrected chi connectivity index (χ3v) is 6.49. The van der Waals surface area contributed by atoms with Gasteiger partial charge >= 0.3 is 0 Å². The molecule has 10 heteroatoms. The third kappa shape index (κ3) is 6.61. The summed E-state index contributed by atoms with van der Waals surface area (Å²) in [7, 11) is 6.12. The number of nitrogens with zero attached hydrogens (tertiary/aromatic N) is 6. The van der Waals surface area contributed by atoms with Gasteiger partial charge in [0.2, 0.25) is 5.91 Å². The lowest BCUT2D eigenvalue weighted by Gasteiger charge is -2.33. The third-order valence-electron chi connectivity index (χ3n) is 5.59. The summed E-state index contributed by atoms with van der Waals surface area (Å²) in [5.41, 5.74) is 1.04. The summed E-state index contributed by atoms with van der Waals surface area (Å²) in [4.78, 5) is 33.0. The molecule has 2 aromatic heterocycles. The standard InChI is InChI=1S/C25H31N7O2S/c1-5-22(33)28-21-16-20(9-10-26-21)35-23-17-27-24(32-13-11-31(4)12-14-32)25(29-23)34-19-8-6-7-18(15-19)30(2)3/h6-10,15-17H,5,11-14H2,1-4H3,(H,26,28,33). The first-order valence-electron chi connectivity index (χ1n) is 11.6. The van der Waals surface area contributed by atoms with Crippen molar-refractivity contribution < 1.29 is 9.53 Å². The summed E-state index contributed by atoms with van der Waals surface area (Å²) in [5, 5.41) is 3.49. The maximum absolute atomic E-state index is 11.7. The molecule has 3 aromatic rings. The second kappa shape index (κ2) is 11.4. The number of nitrogens with one attached hydrogen (secondary N) is 1. The molecule has 0 spiro atoms. The van der Waals surface area contributed by atoms with Gasteiger partial charge in [-0.1, -0.05) is 24.8 Å². The molecule has 0 aliphatic carbocycles. The van der Waals surface area contributed by atoms with Crippen LogP contribution in [-0.2, 0) is 4.79 Å². The zero-order valence-electron chi connectivity index (χ0n) is 20.6. The van der Waals surface area contributed by atoms with E-state index in [0.29, 0.717) is 28.9 Å². The molecule has 184 valence electrons. The topological polar surface area (TPSA) is 86.7 Å². The van der Waals surface area contributed by atoms with Crippen LogP contribution >= 0.6 is 11.8 Å². The van der Waals surface area contributed by atoms with Crippen LogP contribution in [-0.4, -0.2) is 73.1 Å². The average Bonchev–Trinajstić information content (AvgIpc) is 2.85. The van der Waals surface area contributed by atoms with Crippen LogP contribution < -0.4 is 19.9 Å². The van der Waals surface area contributed by atoms with E-state index in [9.17, 15) is 4.79 Å². The second-order valence-corrected chi connectivity index (χ2v) is 9.60. The number of aromatic nitrogens is 3. The number of piperazine rings is 1. The van der Waals surface area contributed by atoms with E-state index in [0.717, 1.165) is 42.6 Å². The van der Waals surface area contributed by atoms with Crippen molar-refractivity contribution in [3.8, 4) is 11.6 Å². The average molecular weight is 494 g/mol. The maximum Gasteiger partial charge on any atom is 0.264 e. The van der Waals surface area contributed by atoms with Gasteiger partial charge in [0.25, 0.3) is 5.88 Å². The normalized spacial score (nSPS) is 14.0. The van der Waals surface area contributed by atoms with Gasteiger partial charge in [0.05, 0.1) is 6.20 Å². The van der Waals surface area contributed by atoms with Gasteiger partial charge in [-0.3, -0.25) is 4.79 Å². The van der Waals surface area contributed by atoms with Crippen LogP contribution in [0.2, 0.25) is 0 Å². The first kappa shape index (κ1) is 24.7. The molecule has 0 saturated carbocycles. The number of carbonyl (C=O) groups excluding carboxylic acids is 1. The number of likely N-dealkylation sites (N-methyl/N-ethyl adjacent to an activating group) is 1. The Bertz CT molecular complexity index is 1170. The Balaban J connectivity index is 1.61. The Morgan fingerprint density at radius 3 is 2.69 bits per heavy atom. The van der Waals surface area contributed by atoms with Crippen molar-refractivity contribution in [1.82, 2.24) is 19.9 Å². The fourth-order valence-corrected chi connectivity index (χ4v) is 4.31. The van der Waals surface area contributed by atoms with Gasteiger partial charge in [-0.05, 0) is 31.3 Å². The monoisotopic (exact) mass is 493 g/mol. The highest BCUT2D eigenvalue weighted by Crippen LogP contribution is 2.35. The number of ether oxygens (including phenoxy) is 1.